The molecule has 0 saturated carbocycles. The van der Waals surface area contributed by atoms with E-state index in [9.17, 15) is 4.79 Å². The molecule has 4 nitrogen and oxygen atoms in total. The molecular weight excluding hydrogens is 326 g/mol. The lowest BCUT2D eigenvalue weighted by molar-refractivity contribution is -0.138. The van der Waals surface area contributed by atoms with Crippen LogP contribution < -0.4 is 4.74 Å². The minimum Gasteiger partial charge on any atom is -0.463 e. The fourth-order valence-corrected chi connectivity index (χ4v) is 2.40. The summed E-state index contributed by atoms with van der Waals surface area (Å²) in [4.78, 5) is 13.8. The largest absolute Gasteiger partial charge is 0.463 e. The molecule has 0 unspecified atom stereocenters. The molecule has 0 fully saturated rings. The second-order valence-corrected chi connectivity index (χ2v) is 6.42. The molecule has 0 heterocycles. The van der Waals surface area contributed by atoms with Gasteiger partial charge in [-0.05, 0) is 75.8 Å². The summed E-state index contributed by atoms with van der Waals surface area (Å²) in [7, 11) is 4.15. The van der Waals surface area contributed by atoms with E-state index >= 15 is 0 Å². The van der Waals surface area contributed by atoms with Gasteiger partial charge in [-0.25, -0.2) is 4.79 Å². The van der Waals surface area contributed by atoms with Crippen molar-refractivity contribution >= 4 is 12.0 Å². The highest BCUT2D eigenvalue weighted by molar-refractivity contribution is 5.92. The van der Waals surface area contributed by atoms with Crippen LogP contribution in [0.4, 0.5) is 0 Å². The van der Waals surface area contributed by atoms with Crippen molar-refractivity contribution in [3.63, 3.8) is 0 Å². The van der Waals surface area contributed by atoms with E-state index in [4.69, 9.17) is 9.47 Å². The minimum atomic E-state index is -0.290. The minimum absolute atomic E-state index is 0.290. The Hall–Kier alpha value is -2.59. The van der Waals surface area contributed by atoms with Crippen molar-refractivity contribution in [1.82, 2.24) is 4.90 Å². The Labute approximate surface area is 156 Å². The lowest BCUT2D eigenvalue weighted by Gasteiger charge is -2.10. The standard InChI is InChI=1S/C22H27NO3/c1-5-25-22(24)17(2)16-19-8-12-21(13-9-19)26-20-10-6-18(7-11-20)14-15-23(3)4/h6-13,16H,5,14-15H2,1-4H3/b17-16+. The van der Waals surface area contributed by atoms with Gasteiger partial charge in [0.25, 0.3) is 0 Å². The second-order valence-electron chi connectivity index (χ2n) is 6.42. The van der Waals surface area contributed by atoms with E-state index in [1.807, 2.05) is 36.4 Å². The van der Waals surface area contributed by atoms with E-state index in [1.54, 1.807) is 19.9 Å². The molecule has 0 aromatic heterocycles. The monoisotopic (exact) mass is 353 g/mol. The number of hydrogen-bond donors (Lipinski definition) is 0. The van der Waals surface area contributed by atoms with Gasteiger partial charge in [-0.1, -0.05) is 24.3 Å². The fourth-order valence-electron chi connectivity index (χ4n) is 2.40. The Bertz CT molecular complexity index is 731. The molecule has 0 N–H and O–H groups in total. The Balaban J connectivity index is 1.96. The summed E-state index contributed by atoms with van der Waals surface area (Å²) >= 11 is 0. The van der Waals surface area contributed by atoms with E-state index in [0.717, 1.165) is 30.0 Å². The van der Waals surface area contributed by atoms with Gasteiger partial charge in [0.15, 0.2) is 0 Å². The summed E-state index contributed by atoms with van der Waals surface area (Å²) in [5, 5.41) is 0. The smallest absolute Gasteiger partial charge is 0.333 e. The highest BCUT2D eigenvalue weighted by Crippen LogP contribution is 2.23. The number of benzene rings is 2. The highest BCUT2D eigenvalue weighted by atomic mass is 16.5. The van der Waals surface area contributed by atoms with Gasteiger partial charge in [0, 0.05) is 12.1 Å². The summed E-state index contributed by atoms with van der Waals surface area (Å²) in [5.74, 6) is 1.28. The van der Waals surface area contributed by atoms with Crippen LogP contribution in [0.1, 0.15) is 25.0 Å². The number of hydrogen-bond acceptors (Lipinski definition) is 4. The summed E-state index contributed by atoms with van der Waals surface area (Å²) < 4.78 is 10.9. The molecule has 2 rings (SSSR count). The molecule has 138 valence electrons. The Morgan fingerprint density at radius 2 is 1.58 bits per heavy atom. The molecule has 4 heteroatoms. The predicted octanol–water partition coefficient (Wildman–Crippen LogP) is 4.55. The lowest BCUT2D eigenvalue weighted by Crippen LogP contribution is -2.14. The number of likely N-dealkylation sites (N-methyl/N-ethyl adjacent to an activating group) is 1. The molecule has 2 aromatic rings. The Kier molecular flexibility index (Phi) is 7.42. The fraction of sp³-hybridized carbons (Fsp3) is 0.318. The Morgan fingerprint density at radius 1 is 1.00 bits per heavy atom. The molecule has 2 aromatic carbocycles. The quantitative estimate of drug-likeness (QED) is 0.515. The van der Waals surface area contributed by atoms with Crippen molar-refractivity contribution in [3.8, 4) is 11.5 Å². The number of carbonyl (C=O) groups excluding carboxylic acids is 1. The number of ether oxygens (including phenoxy) is 2. The summed E-state index contributed by atoms with van der Waals surface area (Å²) in [5.41, 5.74) is 2.80. The highest BCUT2D eigenvalue weighted by Gasteiger charge is 2.05. The number of nitrogens with zero attached hydrogens (tertiary/aromatic N) is 1. The topological polar surface area (TPSA) is 38.8 Å². The molecule has 0 bridgehead atoms. The van der Waals surface area contributed by atoms with Gasteiger partial charge in [-0.15, -0.1) is 0 Å². The zero-order valence-electron chi connectivity index (χ0n) is 16.0. The predicted molar refractivity (Wildman–Crippen MR) is 106 cm³/mol. The maximum atomic E-state index is 11.6. The Morgan fingerprint density at radius 3 is 2.12 bits per heavy atom. The van der Waals surface area contributed by atoms with Crippen LogP contribution in [0.5, 0.6) is 11.5 Å². The third kappa shape index (κ3) is 6.37. The summed E-state index contributed by atoms with van der Waals surface area (Å²) in [6.07, 6.45) is 2.83. The van der Waals surface area contributed by atoms with Crippen LogP contribution in [0, 0.1) is 0 Å². The van der Waals surface area contributed by atoms with Crippen LogP contribution in [-0.4, -0.2) is 38.1 Å². The summed E-state index contributed by atoms with van der Waals surface area (Å²) in [6, 6.07) is 15.8. The first-order valence-corrected chi connectivity index (χ1v) is 8.85. The molecule has 0 spiro atoms. The van der Waals surface area contributed by atoms with E-state index in [2.05, 4.69) is 31.1 Å². The van der Waals surface area contributed by atoms with Crippen LogP contribution in [-0.2, 0) is 16.0 Å². The maximum absolute atomic E-state index is 11.6. The molecule has 0 aliphatic rings. The number of rotatable bonds is 8. The summed E-state index contributed by atoms with van der Waals surface area (Å²) in [6.45, 7) is 4.96. The van der Waals surface area contributed by atoms with E-state index < -0.39 is 0 Å². The van der Waals surface area contributed by atoms with Crippen molar-refractivity contribution in [2.45, 2.75) is 20.3 Å². The van der Waals surface area contributed by atoms with Gasteiger partial charge in [-0.3, -0.25) is 0 Å². The first-order chi connectivity index (χ1) is 12.5. The molecular formula is C22H27NO3. The SMILES string of the molecule is CCOC(=O)/C(C)=C/c1ccc(Oc2ccc(CCN(C)C)cc2)cc1. The third-order valence-electron chi connectivity index (χ3n) is 3.87. The van der Waals surface area contributed by atoms with Gasteiger partial charge >= 0.3 is 5.97 Å². The zero-order valence-corrected chi connectivity index (χ0v) is 16.0. The van der Waals surface area contributed by atoms with Crippen molar-refractivity contribution in [1.29, 1.82) is 0 Å². The van der Waals surface area contributed by atoms with E-state index in [1.165, 1.54) is 5.56 Å². The van der Waals surface area contributed by atoms with Crippen LogP contribution in [0.3, 0.4) is 0 Å². The van der Waals surface area contributed by atoms with Crippen LogP contribution in [0.2, 0.25) is 0 Å². The van der Waals surface area contributed by atoms with Crippen molar-refractivity contribution in [2.75, 3.05) is 27.2 Å². The van der Waals surface area contributed by atoms with Crippen molar-refractivity contribution in [3.05, 3.63) is 65.2 Å². The first kappa shape index (κ1) is 19.7. The molecule has 0 radical (unpaired) electrons. The van der Waals surface area contributed by atoms with Gasteiger partial charge in [0.1, 0.15) is 11.5 Å². The van der Waals surface area contributed by atoms with Gasteiger partial charge in [0.05, 0.1) is 6.61 Å². The van der Waals surface area contributed by atoms with Gasteiger partial charge in [0.2, 0.25) is 0 Å². The van der Waals surface area contributed by atoms with Crippen LogP contribution in [0.15, 0.2) is 54.1 Å². The van der Waals surface area contributed by atoms with Crippen LogP contribution >= 0.6 is 0 Å². The van der Waals surface area contributed by atoms with E-state index in [0.29, 0.717) is 12.2 Å². The average Bonchev–Trinajstić information content (AvgIpc) is 2.63. The van der Waals surface area contributed by atoms with Gasteiger partial charge < -0.3 is 14.4 Å². The van der Waals surface area contributed by atoms with E-state index in [-0.39, 0.29) is 5.97 Å². The number of esters is 1. The third-order valence-corrected chi connectivity index (χ3v) is 3.87. The molecule has 0 atom stereocenters. The normalized spacial score (nSPS) is 11.5. The second kappa shape index (κ2) is 9.78. The lowest BCUT2D eigenvalue weighted by atomic mass is 10.1. The average molecular weight is 353 g/mol. The molecule has 0 saturated heterocycles. The molecule has 0 amide bonds. The zero-order chi connectivity index (χ0) is 18.9. The molecule has 0 aliphatic heterocycles. The maximum Gasteiger partial charge on any atom is 0.333 e. The molecule has 26 heavy (non-hydrogen) atoms. The van der Waals surface area contributed by atoms with Crippen LogP contribution in [0.25, 0.3) is 6.08 Å². The first-order valence-electron chi connectivity index (χ1n) is 8.85. The van der Waals surface area contributed by atoms with Crippen molar-refractivity contribution < 1.29 is 14.3 Å². The molecule has 0 aliphatic carbocycles. The van der Waals surface area contributed by atoms with Gasteiger partial charge in [-0.2, -0.15) is 0 Å². The van der Waals surface area contributed by atoms with Crippen molar-refractivity contribution in [2.24, 2.45) is 0 Å². The number of carbonyl (C=O) groups is 1.